The zero-order valence-corrected chi connectivity index (χ0v) is 10.3. The molecule has 3 N–H and O–H groups in total. The summed E-state index contributed by atoms with van der Waals surface area (Å²) < 4.78 is 0. The molecule has 1 amide bonds. The summed E-state index contributed by atoms with van der Waals surface area (Å²) in [7, 11) is 1.71. The second kappa shape index (κ2) is 4.87. The van der Waals surface area contributed by atoms with Crippen molar-refractivity contribution in [2.75, 3.05) is 12.8 Å². The Labute approximate surface area is 105 Å². The van der Waals surface area contributed by atoms with Crippen LogP contribution in [0.5, 0.6) is 0 Å². The summed E-state index contributed by atoms with van der Waals surface area (Å²) in [5.41, 5.74) is 7.60. The normalized spacial score (nSPS) is 10.3. The summed E-state index contributed by atoms with van der Waals surface area (Å²) in [6, 6.07) is 8.00. The molecule has 0 bridgehead atoms. The van der Waals surface area contributed by atoms with Gasteiger partial charge in [-0.25, -0.2) is 0 Å². The van der Waals surface area contributed by atoms with E-state index in [0.29, 0.717) is 6.54 Å². The standard InChI is InChI=1S/C12H15N5O/c1-8-4-3-5-9(6-8)7-17(2)11(18)10-14-12(13)16-15-10/h3-6H,7H2,1-2H3,(H3,13,14,15,16). The van der Waals surface area contributed by atoms with Gasteiger partial charge in [-0.2, -0.15) is 4.98 Å². The number of nitrogens with zero attached hydrogens (tertiary/aromatic N) is 3. The summed E-state index contributed by atoms with van der Waals surface area (Å²) in [6.45, 7) is 2.53. The molecule has 0 atom stereocenters. The molecule has 0 unspecified atom stereocenters. The average Bonchev–Trinajstić information content (AvgIpc) is 2.75. The zero-order chi connectivity index (χ0) is 13.1. The summed E-state index contributed by atoms with van der Waals surface area (Å²) >= 11 is 0. The highest BCUT2D eigenvalue weighted by Gasteiger charge is 2.15. The molecule has 0 fully saturated rings. The van der Waals surface area contributed by atoms with Gasteiger partial charge in [0.1, 0.15) is 0 Å². The molecule has 2 rings (SSSR count). The van der Waals surface area contributed by atoms with Crippen LogP contribution >= 0.6 is 0 Å². The van der Waals surface area contributed by atoms with Gasteiger partial charge in [-0.1, -0.05) is 29.8 Å². The number of amides is 1. The fraction of sp³-hybridized carbons (Fsp3) is 0.250. The van der Waals surface area contributed by atoms with Crippen molar-refractivity contribution in [1.82, 2.24) is 20.1 Å². The number of hydrogen-bond acceptors (Lipinski definition) is 4. The quantitative estimate of drug-likeness (QED) is 0.843. The number of carbonyl (C=O) groups is 1. The lowest BCUT2D eigenvalue weighted by Gasteiger charge is -2.15. The molecule has 6 nitrogen and oxygen atoms in total. The maximum absolute atomic E-state index is 12.0. The number of H-pyrrole nitrogens is 1. The van der Waals surface area contributed by atoms with Gasteiger partial charge in [0.2, 0.25) is 11.8 Å². The molecule has 6 heteroatoms. The molecule has 94 valence electrons. The van der Waals surface area contributed by atoms with E-state index in [2.05, 4.69) is 15.2 Å². The van der Waals surface area contributed by atoms with Gasteiger partial charge in [0, 0.05) is 13.6 Å². The lowest BCUT2D eigenvalue weighted by atomic mass is 10.1. The van der Waals surface area contributed by atoms with Crippen molar-refractivity contribution in [3.8, 4) is 0 Å². The van der Waals surface area contributed by atoms with Gasteiger partial charge in [-0.05, 0) is 12.5 Å². The fourth-order valence-electron chi connectivity index (χ4n) is 1.71. The van der Waals surface area contributed by atoms with Crippen LogP contribution in [0, 0.1) is 6.92 Å². The van der Waals surface area contributed by atoms with Crippen molar-refractivity contribution >= 4 is 11.9 Å². The number of aromatic nitrogens is 3. The number of nitrogen functional groups attached to an aromatic ring is 1. The van der Waals surface area contributed by atoms with E-state index in [-0.39, 0.29) is 17.7 Å². The largest absolute Gasteiger partial charge is 0.366 e. The molecule has 18 heavy (non-hydrogen) atoms. The number of nitrogens with one attached hydrogen (secondary N) is 1. The number of hydrogen-bond donors (Lipinski definition) is 2. The highest BCUT2D eigenvalue weighted by molar-refractivity contribution is 5.90. The number of rotatable bonds is 3. The first-order chi connectivity index (χ1) is 8.56. The maximum Gasteiger partial charge on any atom is 0.291 e. The molecule has 0 radical (unpaired) electrons. The van der Waals surface area contributed by atoms with Crippen LogP contribution in [0.4, 0.5) is 5.95 Å². The van der Waals surface area contributed by atoms with Crippen LogP contribution in [0.15, 0.2) is 24.3 Å². The number of anilines is 1. The minimum absolute atomic E-state index is 0.0716. The molecule has 0 spiro atoms. The molecular weight excluding hydrogens is 230 g/mol. The van der Waals surface area contributed by atoms with Crippen LogP contribution in [-0.2, 0) is 6.54 Å². The first-order valence-corrected chi connectivity index (χ1v) is 5.55. The second-order valence-electron chi connectivity index (χ2n) is 4.19. The van der Waals surface area contributed by atoms with Crippen LogP contribution in [0.3, 0.4) is 0 Å². The Balaban J connectivity index is 2.08. The van der Waals surface area contributed by atoms with E-state index in [4.69, 9.17) is 5.73 Å². The SMILES string of the molecule is Cc1cccc(CN(C)C(=O)c2nc(N)n[nH]2)c1. The van der Waals surface area contributed by atoms with Gasteiger partial charge in [0.25, 0.3) is 5.91 Å². The number of aryl methyl sites for hydroxylation is 1. The number of benzene rings is 1. The van der Waals surface area contributed by atoms with E-state index in [1.165, 1.54) is 0 Å². The van der Waals surface area contributed by atoms with Gasteiger partial charge in [-0.3, -0.25) is 9.89 Å². The Morgan fingerprint density at radius 2 is 2.28 bits per heavy atom. The number of nitrogens with two attached hydrogens (primary N) is 1. The van der Waals surface area contributed by atoms with E-state index < -0.39 is 0 Å². The van der Waals surface area contributed by atoms with Gasteiger partial charge >= 0.3 is 0 Å². The molecule has 0 saturated carbocycles. The first kappa shape index (κ1) is 12.1. The third kappa shape index (κ3) is 2.65. The molecule has 1 aromatic carbocycles. The minimum atomic E-state index is -0.235. The summed E-state index contributed by atoms with van der Waals surface area (Å²) in [5.74, 6) is -0.00864. The predicted molar refractivity (Wildman–Crippen MR) is 67.8 cm³/mol. The first-order valence-electron chi connectivity index (χ1n) is 5.55. The highest BCUT2D eigenvalue weighted by Crippen LogP contribution is 2.08. The highest BCUT2D eigenvalue weighted by atomic mass is 16.2. The van der Waals surface area contributed by atoms with Crippen molar-refractivity contribution in [2.45, 2.75) is 13.5 Å². The van der Waals surface area contributed by atoms with Gasteiger partial charge < -0.3 is 10.6 Å². The Kier molecular flexibility index (Phi) is 3.27. The maximum atomic E-state index is 12.0. The smallest absolute Gasteiger partial charge is 0.291 e. The molecule has 0 aliphatic carbocycles. The van der Waals surface area contributed by atoms with Crippen molar-refractivity contribution in [3.63, 3.8) is 0 Å². The minimum Gasteiger partial charge on any atom is -0.366 e. The van der Waals surface area contributed by atoms with Gasteiger partial charge in [0.05, 0.1) is 0 Å². The van der Waals surface area contributed by atoms with Gasteiger partial charge in [-0.15, -0.1) is 5.10 Å². The zero-order valence-electron chi connectivity index (χ0n) is 10.3. The van der Waals surface area contributed by atoms with Crippen LogP contribution in [0.2, 0.25) is 0 Å². The van der Waals surface area contributed by atoms with Crippen LogP contribution in [0.25, 0.3) is 0 Å². The van der Waals surface area contributed by atoms with Crippen LogP contribution in [-0.4, -0.2) is 33.0 Å². The summed E-state index contributed by atoms with van der Waals surface area (Å²) in [5, 5.41) is 6.14. The van der Waals surface area contributed by atoms with Crippen molar-refractivity contribution in [1.29, 1.82) is 0 Å². The summed E-state index contributed by atoms with van der Waals surface area (Å²) in [6.07, 6.45) is 0. The second-order valence-corrected chi connectivity index (χ2v) is 4.19. The Morgan fingerprint density at radius 1 is 1.50 bits per heavy atom. The van der Waals surface area contributed by atoms with Gasteiger partial charge in [0.15, 0.2) is 0 Å². The number of carbonyl (C=O) groups excluding carboxylic acids is 1. The third-order valence-electron chi connectivity index (χ3n) is 2.55. The molecule has 1 aromatic heterocycles. The average molecular weight is 245 g/mol. The number of aromatic amines is 1. The van der Waals surface area contributed by atoms with Crippen molar-refractivity contribution in [2.24, 2.45) is 0 Å². The Hall–Kier alpha value is -2.37. The summed E-state index contributed by atoms with van der Waals surface area (Å²) in [4.78, 5) is 17.4. The third-order valence-corrected chi connectivity index (χ3v) is 2.55. The van der Waals surface area contributed by atoms with E-state index in [1.54, 1.807) is 11.9 Å². The molecular formula is C12H15N5O. The lowest BCUT2D eigenvalue weighted by Crippen LogP contribution is -2.27. The lowest BCUT2D eigenvalue weighted by molar-refractivity contribution is 0.0773. The Morgan fingerprint density at radius 3 is 2.89 bits per heavy atom. The fourth-order valence-corrected chi connectivity index (χ4v) is 1.71. The van der Waals surface area contributed by atoms with Crippen LogP contribution in [0.1, 0.15) is 21.7 Å². The Bertz CT molecular complexity index is 563. The van der Waals surface area contributed by atoms with E-state index in [1.807, 2.05) is 31.2 Å². The molecule has 0 saturated heterocycles. The molecule has 0 aliphatic heterocycles. The topological polar surface area (TPSA) is 87.9 Å². The van der Waals surface area contributed by atoms with Crippen molar-refractivity contribution in [3.05, 3.63) is 41.2 Å². The monoisotopic (exact) mass is 245 g/mol. The molecule has 1 heterocycles. The molecule has 0 aliphatic rings. The predicted octanol–water partition coefficient (Wildman–Crippen LogP) is 0.968. The van der Waals surface area contributed by atoms with Crippen molar-refractivity contribution < 1.29 is 4.79 Å². The molecule has 2 aromatic rings. The van der Waals surface area contributed by atoms with Crippen LogP contribution < -0.4 is 5.73 Å². The van der Waals surface area contributed by atoms with E-state index >= 15 is 0 Å². The van der Waals surface area contributed by atoms with E-state index in [9.17, 15) is 4.79 Å². The van der Waals surface area contributed by atoms with E-state index in [0.717, 1.165) is 11.1 Å².